The molecule has 0 aromatic carbocycles. The number of amides is 4. The number of nitrogens with one attached hydrogen (secondary N) is 4. The number of aliphatic carboxylic acids is 1. The van der Waals surface area contributed by atoms with Crippen LogP contribution in [0.5, 0.6) is 0 Å². The molecule has 11 heteroatoms. The Kier molecular flexibility index (Phi) is 11.1. The van der Waals surface area contributed by atoms with Gasteiger partial charge in [-0.2, -0.15) is 0 Å². The van der Waals surface area contributed by atoms with Gasteiger partial charge < -0.3 is 32.1 Å². The Hall–Kier alpha value is -2.69. The van der Waals surface area contributed by atoms with Crippen molar-refractivity contribution in [3.05, 3.63) is 0 Å². The fourth-order valence-corrected chi connectivity index (χ4v) is 3.53. The van der Waals surface area contributed by atoms with Gasteiger partial charge >= 0.3 is 5.97 Å². The van der Waals surface area contributed by atoms with Gasteiger partial charge in [-0.3, -0.25) is 19.2 Å². The number of primary amides is 1. The lowest BCUT2D eigenvalue weighted by molar-refractivity contribution is -0.143. The summed E-state index contributed by atoms with van der Waals surface area (Å²) in [6.07, 6.45) is 1.49. The summed E-state index contributed by atoms with van der Waals surface area (Å²) in [7, 11) is 0. The molecule has 0 aromatic heterocycles. The number of carboxylic acid groups (broad SMARTS) is 1. The molecule has 7 N–H and O–H groups in total. The van der Waals surface area contributed by atoms with Gasteiger partial charge in [0.1, 0.15) is 18.1 Å². The van der Waals surface area contributed by atoms with Gasteiger partial charge in [0.15, 0.2) is 0 Å². The lowest BCUT2D eigenvalue weighted by Crippen LogP contribution is -2.58. The molecule has 4 atom stereocenters. The maximum absolute atomic E-state index is 12.9. The summed E-state index contributed by atoms with van der Waals surface area (Å²) in [6.45, 7) is 8.06. The molecular formula is C21H37N5O6. The van der Waals surface area contributed by atoms with Crippen molar-refractivity contribution >= 4 is 29.6 Å². The second kappa shape index (κ2) is 13.0. The van der Waals surface area contributed by atoms with Crippen LogP contribution in [0, 0.1) is 11.8 Å². The highest BCUT2D eigenvalue weighted by molar-refractivity contribution is 5.96. The third kappa shape index (κ3) is 9.63. The van der Waals surface area contributed by atoms with Gasteiger partial charge in [-0.05, 0) is 44.1 Å². The molecular weight excluding hydrogens is 418 g/mol. The fraction of sp³-hybridized carbons (Fsp3) is 0.762. The first-order valence-corrected chi connectivity index (χ1v) is 11.1. The highest BCUT2D eigenvalue weighted by atomic mass is 16.4. The zero-order chi connectivity index (χ0) is 24.4. The molecule has 32 heavy (non-hydrogen) atoms. The molecule has 4 unspecified atom stereocenters. The van der Waals surface area contributed by atoms with E-state index in [2.05, 4.69) is 21.3 Å². The Morgan fingerprint density at radius 1 is 0.906 bits per heavy atom. The summed E-state index contributed by atoms with van der Waals surface area (Å²) >= 11 is 0. The number of hydrogen-bond donors (Lipinski definition) is 6. The third-order valence-corrected chi connectivity index (χ3v) is 5.08. The van der Waals surface area contributed by atoms with Gasteiger partial charge in [0.25, 0.3) is 0 Å². The zero-order valence-electron chi connectivity index (χ0n) is 19.3. The quantitative estimate of drug-likeness (QED) is 0.211. The van der Waals surface area contributed by atoms with Crippen molar-refractivity contribution in [3.8, 4) is 0 Å². The molecule has 0 aromatic rings. The molecule has 0 radical (unpaired) electrons. The predicted molar refractivity (Wildman–Crippen MR) is 117 cm³/mol. The Morgan fingerprint density at radius 2 is 1.44 bits per heavy atom. The van der Waals surface area contributed by atoms with Crippen molar-refractivity contribution in [3.63, 3.8) is 0 Å². The number of rotatable bonds is 13. The number of carboxylic acids is 1. The van der Waals surface area contributed by atoms with Gasteiger partial charge in [0, 0.05) is 0 Å². The molecule has 0 bridgehead atoms. The van der Waals surface area contributed by atoms with E-state index >= 15 is 0 Å². The summed E-state index contributed by atoms with van der Waals surface area (Å²) in [5.74, 6) is -3.69. The van der Waals surface area contributed by atoms with E-state index in [1.807, 2.05) is 27.7 Å². The van der Waals surface area contributed by atoms with Crippen LogP contribution in [0.15, 0.2) is 0 Å². The lowest BCUT2D eigenvalue weighted by Gasteiger charge is -2.26. The first kappa shape index (κ1) is 27.3. The number of nitrogens with two attached hydrogens (primary N) is 1. The molecule has 1 rings (SSSR count). The summed E-state index contributed by atoms with van der Waals surface area (Å²) < 4.78 is 0. The average Bonchev–Trinajstić information content (AvgIpc) is 3.20. The van der Waals surface area contributed by atoms with E-state index in [0.29, 0.717) is 13.0 Å². The fourth-order valence-electron chi connectivity index (χ4n) is 3.53. The molecule has 1 aliphatic heterocycles. The number of carbonyl (C=O) groups is 5. The second-order valence-corrected chi connectivity index (χ2v) is 9.10. The Morgan fingerprint density at radius 3 is 1.91 bits per heavy atom. The topological polar surface area (TPSA) is 180 Å². The van der Waals surface area contributed by atoms with E-state index in [-0.39, 0.29) is 24.7 Å². The minimum Gasteiger partial charge on any atom is -0.480 e. The molecule has 0 aliphatic carbocycles. The highest BCUT2D eigenvalue weighted by Gasteiger charge is 2.32. The molecule has 1 fully saturated rings. The van der Waals surface area contributed by atoms with Crippen LogP contribution in [0.4, 0.5) is 0 Å². The molecule has 1 aliphatic rings. The highest BCUT2D eigenvalue weighted by Crippen LogP contribution is 2.10. The molecule has 11 nitrogen and oxygen atoms in total. The van der Waals surface area contributed by atoms with Crippen LogP contribution in [0.1, 0.15) is 59.8 Å². The zero-order valence-corrected chi connectivity index (χ0v) is 19.3. The van der Waals surface area contributed by atoms with E-state index in [9.17, 15) is 29.1 Å². The van der Waals surface area contributed by atoms with E-state index in [4.69, 9.17) is 5.73 Å². The third-order valence-electron chi connectivity index (χ3n) is 5.08. The maximum atomic E-state index is 12.9. The van der Waals surface area contributed by atoms with Crippen LogP contribution in [0.2, 0.25) is 0 Å². The molecule has 0 saturated carbocycles. The molecule has 1 heterocycles. The van der Waals surface area contributed by atoms with Crippen LogP contribution in [-0.2, 0) is 24.0 Å². The first-order valence-electron chi connectivity index (χ1n) is 11.1. The van der Waals surface area contributed by atoms with Crippen molar-refractivity contribution in [2.75, 3.05) is 6.54 Å². The lowest BCUT2D eigenvalue weighted by atomic mass is 10.00. The Labute approximate surface area is 188 Å². The molecule has 4 amide bonds. The van der Waals surface area contributed by atoms with Crippen LogP contribution >= 0.6 is 0 Å². The van der Waals surface area contributed by atoms with Gasteiger partial charge in [-0.15, -0.1) is 0 Å². The van der Waals surface area contributed by atoms with Crippen LogP contribution < -0.4 is 27.0 Å². The van der Waals surface area contributed by atoms with Gasteiger partial charge in [0.2, 0.25) is 23.6 Å². The minimum absolute atomic E-state index is 0.00583. The number of hydrogen-bond acceptors (Lipinski definition) is 6. The Balaban J connectivity index is 2.92. The maximum Gasteiger partial charge on any atom is 0.326 e. The number of carbonyl (C=O) groups excluding carboxylic acids is 4. The smallest absolute Gasteiger partial charge is 0.326 e. The minimum atomic E-state index is -1.24. The van der Waals surface area contributed by atoms with Gasteiger partial charge in [-0.25, -0.2) is 4.79 Å². The monoisotopic (exact) mass is 455 g/mol. The van der Waals surface area contributed by atoms with Crippen LogP contribution in [0.3, 0.4) is 0 Å². The largest absolute Gasteiger partial charge is 0.480 e. The van der Waals surface area contributed by atoms with Crippen molar-refractivity contribution in [2.45, 2.75) is 84.0 Å². The molecule has 182 valence electrons. The summed E-state index contributed by atoms with van der Waals surface area (Å²) in [6, 6.07) is -3.83. The summed E-state index contributed by atoms with van der Waals surface area (Å²) in [4.78, 5) is 61.1. The van der Waals surface area contributed by atoms with Crippen molar-refractivity contribution in [1.82, 2.24) is 21.3 Å². The first-order chi connectivity index (χ1) is 14.9. The summed E-state index contributed by atoms with van der Waals surface area (Å²) in [5.41, 5.74) is 5.25. The van der Waals surface area contributed by atoms with Crippen molar-refractivity contribution in [2.24, 2.45) is 17.6 Å². The molecule has 1 saturated heterocycles. The second-order valence-electron chi connectivity index (χ2n) is 9.10. The van der Waals surface area contributed by atoms with E-state index in [1.165, 1.54) is 0 Å². The average molecular weight is 456 g/mol. The van der Waals surface area contributed by atoms with Crippen molar-refractivity contribution < 1.29 is 29.1 Å². The SMILES string of the molecule is CC(C)CC(NC(=O)C(CC(C)C)NC(=O)C(CC(N)=O)NC(=O)C1CCCN1)C(=O)O. The van der Waals surface area contributed by atoms with Gasteiger partial charge in [0.05, 0.1) is 12.5 Å². The molecule has 0 spiro atoms. The van der Waals surface area contributed by atoms with Crippen LogP contribution in [0.25, 0.3) is 0 Å². The standard InChI is InChI=1S/C21H37N5O6/c1-11(2)8-14(19(29)26-16(21(31)32)9-12(3)4)24-20(30)15(10-17(22)27)25-18(28)13-6-5-7-23-13/h11-16,23H,5-10H2,1-4H3,(H2,22,27)(H,24,30)(H,25,28)(H,26,29)(H,31,32). The van der Waals surface area contributed by atoms with Crippen LogP contribution in [-0.4, -0.2) is 65.4 Å². The Bertz CT molecular complexity index is 690. The van der Waals surface area contributed by atoms with Crippen molar-refractivity contribution in [1.29, 1.82) is 0 Å². The predicted octanol–water partition coefficient (Wildman–Crippen LogP) is -0.755. The summed E-state index contributed by atoms with van der Waals surface area (Å²) in [5, 5.41) is 20.0. The van der Waals surface area contributed by atoms with E-state index in [1.54, 1.807) is 0 Å². The van der Waals surface area contributed by atoms with E-state index < -0.39 is 60.2 Å². The van der Waals surface area contributed by atoms with Gasteiger partial charge in [-0.1, -0.05) is 27.7 Å². The normalized spacial score (nSPS) is 18.6. The van der Waals surface area contributed by atoms with E-state index in [0.717, 1.165) is 6.42 Å².